The van der Waals surface area contributed by atoms with E-state index in [9.17, 15) is 18.0 Å². The van der Waals surface area contributed by atoms with E-state index in [4.69, 9.17) is 9.47 Å². The molecule has 4 rings (SSSR count). The zero-order chi connectivity index (χ0) is 30.8. The first kappa shape index (κ1) is 31.9. The van der Waals surface area contributed by atoms with Gasteiger partial charge in [0.1, 0.15) is 24.1 Å². The van der Waals surface area contributed by atoms with Crippen LogP contribution in [0.4, 0.5) is 5.69 Å². The molecule has 1 saturated carbocycles. The molecule has 3 aromatic carbocycles. The van der Waals surface area contributed by atoms with Gasteiger partial charge in [-0.3, -0.25) is 13.9 Å². The molecule has 0 radical (unpaired) electrons. The number of carbonyl (C=O) groups excluding carboxylic acids is 2. The van der Waals surface area contributed by atoms with Gasteiger partial charge >= 0.3 is 0 Å². The van der Waals surface area contributed by atoms with Crippen LogP contribution in [0.15, 0.2) is 83.8 Å². The predicted molar refractivity (Wildman–Crippen MR) is 167 cm³/mol. The van der Waals surface area contributed by atoms with Crippen LogP contribution in [-0.4, -0.2) is 58.0 Å². The molecule has 1 aliphatic rings. The van der Waals surface area contributed by atoms with E-state index in [-0.39, 0.29) is 29.1 Å². The fraction of sp³-hybridized carbons (Fsp3) is 0.394. The number of hydrogen-bond donors (Lipinski definition) is 1. The first-order chi connectivity index (χ1) is 20.8. The average molecular weight is 608 g/mol. The predicted octanol–water partition coefficient (Wildman–Crippen LogP) is 5.16. The third-order valence-corrected chi connectivity index (χ3v) is 9.59. The summed E-state index contributed by atoms with van der Waals surface area (Å²) in [6.07, 6.45) is 5.46. The quantitative estimate of drug-likeness (QED) is 0.288. The lowest BCUT2D eigenvalue weighted by atomic mass is 9.95. The minimum absolute atomic E-state index is 0.0504. The number of nitrogens with zero attached hydrogens (tertiary/aromatic N) is 2. The second-order valence-electron chi connectivity index (χ2n) is 10.7. The summed E-state index contributed by atoms with van der Waals surface area (Å²) >= 11 is 0. The van der Waals surface area contributed by atoms with Crippen LogP contribution in [0.3, 0.4) is 0 Å². The Morgan fingerprint density at radius 3 is 2.19 bits per heavy atom. The summed E-state index contributed by atoms with van der Waals surface area (Å²) in [7, 11) is -1.08. The summed E-state index contributed by atoms with van der Waals surface area (Å²) in [5.74, 6) is 0.396. The van der Waals surface area contributed by atoms with Gasteiger partial charge in [-0.2, -0.15) is 0 Å². The van der Waals surface area contributed by atoms with E-state index in [2.05, 4.69) is 5.32 Å². The lowest BCUT2D eigenvalue weighted by Gasteiger charge is -2.34. The van der Waals surface area contributed by atoms with Crippen molar-refractivity contribution in [3.63, 3.8) is 0 Å². The highest BCUT2D eigenvalue weighted by atomic mass is 32.2. The highest BCUT2D eigenvalue weighted by Gasteiger charge is 2.34. The van der Waals surface area contributed by atoms with Gasteiger partial charge < -0.3 is 19.7 Å². The third kappa shape index (κ3) is 8.07. The SMILES string of the molecule is CC[C@@H](C(=O)NC1CCCCC1)N(Cc1ccc(OC)cc1)C(=O)CN(c1cccc(OC)c1)S(=O)(=O)c1ccccc1. The fourth-order valence-corrected chi connectivity index (χ4v) is 6.83. The molecule has 1 fully saturated rings. The molecule has 0 saturated heterocycles. The molecule has 0 aliphatic heterocycles. The van der Waals surface area contributed by atoms with Crippen LogP contribution in [0.1, 0.15) is 51.0 Å². The Bertz CT molecular complexity index is 1460. The van der Waals surface area contributed by atoms with E-state index in [0.717, 1.165) is 42.0 Å². The molecule has 0 spiro atoms. The molecule has 1 N–H and O–H groups in total. The van der Waals surface area contributed by atoms with Crippen LogP contribution >= 0.6 is 0 Å². The van der Waals surface area contributed by atoms with Crippen molar-refractivity contribution in [2.24, 2.45) is 0 Å². The van der Waals surface area contributed by atoms with E-state index < -0.39 is 28.5 Å². The summed E-state index contributed by atoms with van der Waals surface area (Å²) in [4.78, 5) is 29.5. The van der Waals surface area contributed by atoms with Crippen LogP contribution < -0.4 is 19.1 Å². The van der Waals surface area contributed by atoms with Gasteiger partial charge in [-0.05, 0) is 61.2 Å². The molecule has 3 aromatic rings. The van der Waals surface area contributed by atoms with E-state index in [1.54, 1.807) is 61.7 Å². The average Bonchev–Trinajstić information content (AvgIpc) is 3.04. The molecule has 1 atom stereocenters. The Balaban J connectivity index is 1.71. The van der Waals surface area contributed by atoms with Gasteiger partial charge in [-0.25, -0.2) is 8.42 Å². The zero-order valence-corrected chi connectivity index (χ0v) is 25.9. The van der Waals surface area contributed by atoms with Crippen molar-refractivity contribution in [1.82, 2.24) is 10.2 Å². The van der Waals surface area contributed by atoms with Gasteiger partial charge in [0.2, 0.25) is 11.8 Å². The molecular weight excluding hydrogens is 566 g/mol. The number of rotatable bonds is 13. The van der Waals surface area contributed by atoms with Gasteiger partial charge in [-0.15, -0.1) is 0 Å². The highest BCUT2D eigenvalue weighted by Crippen LogP contribution is 2.28. The summed E-state index contributed by atoms with van der Waals surface area (Å²) in [6, 6.07) is 21.1. The minimum Gasteiger partial charge on any atom is -0.497 e. The lowest BCUT2D eigenvalue weighted by molar-refractivity contribution is -0.140. The number of ether oxygens (including phenoxy) is 2. The first-order valence-corrected chi connectivity index (χ1v) is 16.2. The van der Waals surface area contributed by atoms with Crippen molar-refractivity contribution in [2.75, 3.05) is 25.1 Å². The molecule has 43 heavy (non-hydrogen) atoms. The largest absolute Gasteiger partial charge is 0.497 e. The number of nitrogens with one attached hydrogen (secondary N) is 1. The monoisotopic (exact) mass is 607 g/mol. The normalized spacial score (nSPS) is 14.4. The summed E-state index contributed by atoms with van der Waals surface area (Å²) in [6.45, 7) is 1.48. The molecule has 230 valence electrons. The number of sulfonamides is 1. The van der Waals surface area contributed by atoms with Crippen molar-refractivity contribution >= 4 is 27.5 Å². The van der Waals surface area contributed by atoms with Gasteiger partial charge in [0.15, 0.2) is 0 Å². The standard InChI is InChI=1S/C33H41N3O6S/c1-4-31(33(38)34-26-12-7-5-8-13-26)35(23-25-18-20-28(41-2)21-19-25)32(37)24-36(27-14-11-15-29(22-27)42-3)43(39,40)30-16-9-6-10-17-30/h6,9-11,14-22,26,31H,4-5,7-8,12-13,23-24H2,1-3H3,(H,34,38)/t31-/m0/s1. The van der Waals surface area contributed by atoms with Crippen LogP contribution in [0.5, 0.6) is 11.5 Å². The number of benzene rings is 3. The smallest absolute Gasteiger partial charge is 0.264 e. The van der Waals surface area contributed by atoms with Gasteiger partial charge in [0.05, 0.1) is 24.8 Å². The van der Waals surface area contributed by atoms with Crippen molar-refractivity contribution in [1.29, 1.82) is 0 Å². The third-order valence-electron chi connectivity index (χ3n) is 7.80. The molecule has 10 heteroatoms. The Morgan fingerprint density at radius 2 is 1.56 bits per heavy atom. The fourth-order valence-electron chi connectivity index (χ4n) is 5.41. The Hall–Kier alpha value is -4.05. The zero-order valence-electron chi connectivity index (χ0n) is 25.1. The number of hydrogen-bond acceptors (Lipinski definition) is 6. The van der Waals surface area contributed by atoms with Gasteiger partial charge in [-0.1, -0.05) is 62.6 Å². The maximum Gasteiger partial charge on any atom is 0.264 e. The molecule has 9 nitrogen and oxygen atoms in total. The van der Waals surface area contributed by atoms with Crippen LogP contribution in [0, 0.1) is 0 Å². The number of carbonyl (C=O) groups is 2. The van der Waals surface area contributed by atoms with Crippen LogP contribution in [-0.2, 0) is 26.2 Å². The van der Waals surface area contributed by atoms with E-state index in [1.807, 2.05) is 19.1 Å². The molecule has 2 amide bonds. The molecular formula is C33H41N3O6S. The van der Waals surface area contributed by atoms with Gasteiger partial charge in [0, 0.05) is 18.7 Å². The maximum atomic E-state index is 14.3. The lowest BCUT2D eigenvalue weighted by Crippen LogP contribution is -2.54. The number of methoxy groups -OCH3 is 2. The van der Waals surface area contributed by atoms with Crippen molar-refractivity contribution in [3.8, 4) is 11.5 Å². The van der Waals surface area contributed by atoms with E-state index in [1.165, 1.54) is 24.1 Å². The Morgan fingerprint density at radius 1 is 0.884 bits per heavy atom. The van der Waals surface area contributed by atoms with Crippen LogP contribution in [0.2, 0.25) is 0 Å². The minimum atomic E-state index is -4.15. The molecule has 0 bridgehead atoms. The molecule has 0 aromatic heterocycles. The molecule has 0 heterocycles. The highest BCUT2D eigenvalue weighted by molar-refractivity contribution is 7.92. The first-order valence-electron chi connectivity index (χ1n) is 14.7. The summed E-state index contributed by atoms with van der Waals surface area (Å²) in [5, 5.41) is 3.16. The topological polar surface area (TPSA) is 105 Å². The number of anilines is 1. The Kier molecular flexibility index (Phi) is 11.1. The van der Waals surface area contributed by atoms with Crippen molar-refractivity contribution < 1.29 is 27.5 Å². The van der Waals surface area contributed by atoms with Gasteiger partial charge in [0.25, 0.3) is 10.0 Å². The Labute approximate surface area is 254 Å². The van der Waals surface area contributed by atoms with E-state index >= 15 is 0 Å². The van der Waals surface area contributed by atoms with E-state index in [0.29, 0.717) is 17.9 Å². The second-order valence-corrected chi connectivity index (χ2v) is 12.5. The molecule has 1 aliphatic carbocycles. The second kappa shape index (κ2) is 14.9. The molecule has 0 unspecified atom stereocenters. The summed E-state index contributed by atoms with van der Waals surface area (Å²) in [5.41, 5.74) is 1.07. The maximum absolute atomic E-state index is 14.3. The van der Waals surface area contributed by atoms with Crippen molar-refractivity contribution in [3.05, 3.63) is 84.4 Å². The van der Waals surface area contributed by atoms with Crippen LogP contribution in [0.25, 0.3) is 0 Å². The number of amides is 2. The summed E-state index contributed by atoms with van der Waals surface area (Å²) < 4.78 is 39.7. The van der Waals surface area contributed by atoms with Crippen molar-refractivity contribution in [2.45, 2.75) is 69.0 Å².